The number of halogens is 3. The van der Waals surface area contributed by atoms with Crippen LogP contribution >= 0.6 is 0 Å². The molecule has 2 aromatic rings. The molecular weight excluding hydrogens is 333 g/mol. The van der Waals surface area contributed by atoms with Crippen molar-refractivity contribution in [2.45, 2.75) is 26.6 Å². The Morgan fingerprint density at radius 3 is 2.40 bits per heavy atom. The van der Waals surface area contributed by atoms with Gasteiger partial charge in [-0.25, -0.2) is 0 Å². The Morgan fingerprint density at radius 2 is 1.84 bits per heavy atom. The highest BCUT2D eigenvalue weighted by Crippen LogP contribution is 2.29. The molecule has 0 fully saturated rings. The minimum atomic E-state index is -4.39. The molecule has 2 rings (SSSR count). The second-order valence-corrected chi connectivity index (χ2v) is 5.61. The zero-order valence-corrected chi connectivity index (χ0v) is 13.7. The van der Waals surface area contributed by atoms with E-state index in [1.807, 2.05) is 0 Å². The van der Waals surface area contributed by atoms with Crippen molar-refractivity contribution < 1.29 is 18.0 Å². The molecule has 0 aliphatic heterocycles. The number of carbonyl (C=O) groups is 1. The predicted octanol–water partition coefficient (Wildman–Crippen LogP) is 3.34. The average molecular weight is 350 g/mol. The van der Waals surface area contributed by atoms with Crippen molar-refractivity contribution in [3.63, 3.8) is 0 Å². The van der Waals surface area contributed by atoms with Gasteiger partial charge in [0.2, 0.25) is 5.91 Å². The van der Waals surface area contributed by atoms with E-state index >= 15 is 0 Å². The maximum absolute atomic E-state index is 12.5. The van der Waals surface area contributed by atoms with Crippen LogP contribution in [-0.2, 0) is 17.5 Å². The fraction of sp³-hybridized carbons (Fsp3) is 0.222. The number of nitrogens with one attached hydrogen (secondary N) is 2. The van der Waals surface area contributed by atoms with Crippen LogP contribution in [0.1, 0.15) is 27.9 Å². The van der Waals surface area contributed by atoms with Crippen LogP contribution in [-0.4, -0.2) is 10.9 Å². The largest absolute Gasteiger partial charge is 0.416 e. The van der Waals surface area contributed by atoms with Crippen LogP contribution in [0.2, 0.25) is 0 Å². The van der Waals surface area contributed by atoms with E-state index in [4.69, 9.17) is 0 Å². The summed E-state index contributed by atoms with van der Waals surface area (Å²) < 4.78 is 37.4. The van der Waals surface area contributed by atoms with E-state index in [0.717, 1.165) is 23.4 Å². The van der Waals surface area contributed by atoms with Crippen LogP contribution in [0, 0.1) is 13.8 Å². The summed E-state index contributed by atoms with van der Waals surface area (Å²) >= 11 is 0. The number of aromatic nitrogens is 1. The molecule has 4 nitrogen and oxygen atoms in total. The van der Waals surface area contributed by atoms with Crippen molar-refractivity contribution >= 4 is 12.0 Å². The molecule has 0 aliphatic carbocycles. The number of rotatable bonds is 4. The van der Waals surface area contributed by atoms with Gasteiger partial charge in [-0.05, 0) is 49.2 Å². The molecule has 0 bridgehead atoms. The molecule has 1 heterocycles. The number of hydrogen-bond acceptors (Lipinski definition) is 2. The molecule has 0 aliphatic rings. The van der Waals surface area contributed by atoms with Gasteiger partial charge in [-0.1, -0.05) is 12.1 Å². The van der Waals surface area contributed by atoms with E-state index < -0.39 is 17.6 Å². The summed E-state index contributed by atoms with van der Waals surface area (Å²) in [4.78, 5) is 26.3. The Bertz CT molecular complexity index is 850. The third kappa shape index (κ3) is 5.07. The summed E-state index contributed by atoms with van der Waals surface area (Å²) in [5.41, 5.74) is 1.43. The Morgan fingerprint density at radius 1 is 1.20 bits per heavy atom. The SMILES string of the molecule is Cc1cc(C)c(CNC(=O)/C=C/c2ccc(C(F)(F)F)cc2)c(=O)[nH]1. The first kappa shape index (κ1) is 18.5. The highest BCUT2D eigenvalue weighted by atomic mass is 19.4. The van der Waals surface area contributed by atoms with Crippen molar-refractivity contribution in [1.29, 1.82) is 0 Å². The highest BCUT2D eigenvalue weighted by molar-refractivity contribution is 5.91. The molecule has 1 aromatic carbocycles. The first-order chi connectivity index (χ1) is 11.7. The number of amides is 1. The first-order valence-electron chi connectivity index (χ1n) is 7.49. The van der Waals surface area contributed by atoms with E-state index in [1.165, 1.54) is 24.3 Å². The van der Waals surface area contributed by atoms with Gasteiger partial charge in [0.1, 0.15) is 0 Å². The topological polar surface area (TPSA) is 62.0 Å². The molecule has 0 atom stereocenters. The number of alkyl halides is 3. The second kappa shape index (κ2) is 7.38. The number of pyridine rings is 1. The number of carbonyl (C=O) groups excluding carboxylic acids is 1. The molecule has 0 spiro atoms. The van der Waals surface area contributed by atoms with Crippen LogP contribution < -0.4 is 10.9 Å². The minimum Gasteiger partial charge on any atom is -0.348 e. The van der Waals surface area contributed by atoms with Gasteiger partial charge >= 0.3 is 6.18 Å². The standard InChI is InChI=1S/C18H17F3N2O2/c1-11-9-12(2)23-17(25)15(11)10-22-16(24)8-5-13-3-6-14(7-4-13)18(19,20)21/h3-9H,10H2,1-2H3,(H,22,24)(H,23,25)/b8-5+. The van der Waals surface area contributed by atoms with Crippen molar-refractivity contribution in [3.8, 4) is 0 Å². The van der Waals surface area contributed by atoms with Gasteiger partial charge in [-0.2, -0.15) is 13.2 Å². The van der Waals surface area contributed by atoms with E-state index in [-0.39, 0.29) is 12.1 Å². The maximum atomic E-state index is 12.5. The molecule has 1 aromatic heterocycles. The summed E-state index contributed by atoms with van der Waals surface area (Å²) in [6.45, 7) is 3.61. The summed E-state index contributed by atoms with van der Waals surface area (Å²) in [7, 11) is 0. The molecule has 7 heteroatoms. The molecule has 0 radical (unpaired) electrons. The second-order valence-electron chi connectivity index (χ2n) is 5.61. The fourth-order valence-corrected chi connectivity index (χ4v) is 2.29. The van der Waals surface area contributed by atoms with Crippen LogP contribution in [0.25, 0.3) is 6.08 Å². The van der Waals surface area contributed by atoms with Crippen molar-refractivity contribution in [2.75, 3.05) is 0 Å². The zero-order chi connectivity index (χ0) is 18.6. The van der Waals surface area contributed by atoms with Gasteiger partial charge in [0.25, 0.3) is 5.56 Å². The van der Waals surface area contributed by atoms with Crippen molar-refractivity contribution in [1.82, 2.24) is 10.3 Å². The van der Waals surface area contributed by atoms with Gasteiger partial charge in [0, 0.05) is 23.9 Å². The number of H-pyrrole nitrogens is 1. The Kier molecular flexibility index (Phi) is 5.46. The molecule has 0 unspecified atom stereocenters. The Hall–Kier alpha value is -2.83. The molecule has 1 amide bonds. The summed E-state index contributed by atoms with van der Waals surface area (Å²) in [5.74, 6) is -0.445. The van der Waals surface area contributed by atoms with Crippen LogP contribution in [0.15, 0.2) is 41.2 Å². The minimum absolute atomic E-state index is 0.0671. The predicted molar refractivity (Wildman–Crippen MR) is 88.9 cm³/mol. The number of aryl methyl sites for hydroxylation is 2. The van der Waals surface area contributed by atoms with Crippen LogP contribution in [0.4, 0.5) is 13.2 Å². The lowest BCUT2D eigenvalue weighted by atomic mass is 10.1. The van der Waals surface area contributed by atoms with E-state index in [2.05, 4.69) is 10.3 Å². The quantitative estimate of drug-likeness (QED) is 0.831. The number of hydrogen-bond donors (Lipinski definition) is 2. The zero-order valence-electron chi connectivity index (χ0n) is 13.7. The summed E-state index contributed by atoms with van der Waals surface area (Å²) in [5, 5.41) is 2.58. The van der Waals surface area contributed by atoms with Crippen LogP contribution in [0.5, 0.6) is 0 Å². The van der Waals surface area contributed by atoms with Gasteiger partial charge < -0.3 is 10.3 Å². The number of benzene rings is 1. The lowest BCUT2D eigenvalue weighted by Gasteiger charge is -2.07. The van der Waals surface area contributed by atoms with Gasteiger partial charge in [0.05, 0.1) is 5.56 Å². The van der Waals surface area contributed by atoms with E-state index in [1.54, 1.807) is 19.9 Å². The molecule has 132 valence electrons. The highest BCUT2D eigenvalue weighted by Gasteiger charge is 2.29. The molecular formula is C18H17F3N2O2. The summed E-state index contributed by atoms with van der Waals surface area (Å²) in [6, 6.07) is 6.27. The molecule has 0 saturated heterocycles. The fourth-order valence-electron chi connectivity index (χ4n) is 2.29. The van der Waals surface area contributed by atoms with Crippen molar-refractivity contribution in [2.24, 2.45) is 0 Å². The Labute approximate surface area is 142 Å². The van der Waals surface area contributed by atoms with Gasteiger partial charge in [-0.3, -0.25) is 9.59 Å². The summed E-state index contributed by atoms with van der Waals surface area (Å²) in [6.07, 6.45) is -1.78. The normalized spacial score (nSPS) is 11.7. The van der Waals surface area contributed by atoms with Crippen LogP contribution in [0.3, 0.4) is 0 Å². The van der Waals surface area contributed by atoms with E-state index in [0.29, 0.717) is 11.1 Å². The van der Waals surface area contributed by atoms with E-state index in [9.17, 15) is 22.8 Å². The maximum Gasteiger partial charge on any atom is 0.416 e. The molecule has 25 heavy (non-hydrogen) atoms. The third-order valence-corrected chi connectivity index (χ3v) is 3.60. The first-order valence-corrected chi connectivity index (χ1v) is 7.49. The van der Waals surface area contributed by atoms with Gasteiger partial charge in [0.15, 0.2) is 0 Å². The average Bonchev–Trinajstić information content (AvgIpc) is 2.51. The molecule has 2 N–H and O–H groups in total. The van der Waals surface area contributed by atoms with Gasteiger partial charge in [-0.15, -0.1) is 0 Å². The number of aromatic amines is 1. The molecule has 0 saturated carbocycles. The lowest BCUT2D eigenvalue weighted by molar-refractivity contribution is -0.137. The lowest BCUT2D eigenvalue weighted by Crippen LogP contribution is -2.26. The monoisotopic (exact) mass is 350 g/mol. The van der Waals surface area contributed by atoms with Crippen molar-refractivity contribution in [3.05, 3.63) is 74.7 Å². The Balaban J connectivity index is 1.99. The smallest absolute Gasteiger partial charge is 0.348 e. The third-order valence-electron chi connectivity index (χ3n) is 3.60.